The second-order valence-electron chi connectivity index (χ2n) is 7.42. The van der Waals surface area contributed by atoms with E-state index in [4.69, 9.17) is 0 Å². The summed E-state index contributed by atoms with van der Waals surface area (Å²) in [5.41, 5.74) is 3.77. The predicted octanol–water partition coefficient (Wildman–Crippen LogP) is 4.47. The maximum atomic E-state index is 13.6. The molecule has 1 N–H and O–H groups in total. The summed E-state index contributed by atoms with van der Waals surface area (Å²) in [6, 6.07) is 11.6. The number of carbonyl (C=O) groups is 2. The Bertz CT molecular complexity index is 1310. The molecule has 162 valence electrons. The molecule has 4 rings (SSSR count). The molecule has 2 amide bonds. The van der Waals surface area contributed by atoms with E-state index in [1.807, 2.05) is 10.5 Å². The predicted molar refractivity (Wildman–Crippen MR) is 121 cm³/mol. The number of nitrogens with zero attached hydrogens (tertiary/aromatic N) is 4. The van der Waals surface area contributed by atoms with E-state index >= 15 is 0 Å². The van der Waals surface area contributed by atoms with Crippen LogP contribution in [-0.2, 0) is 4.79 Å². The highest BCUT2D eigenvalue weighted by Crippen LogP contribution is 2.23. The number of rotatable bonds is 5. The smallest absolute Gasteiger partial charge is 0.259 e. The monoisotopic (exact) mass is 431 g/mol. The van der Waals surface area contributed by atoms with Crippen molar-refractivity contribution in [1.82, 2.24) is 14.4 Å². The summed E-state index contributed by atoms with van der Waals surface area (Å²) in [7, 11) is 1.65. The van der Waals surface area contributed by atoms with Crippen molar-refractivity contribution in [3.05, 3.63) is 78.0 Å². The van der Waals surface area contributed by atoms with Crippen LogP contribution in [0.2, 0.25) is 0 Å². The lowest BCUT2D eigenvalue weighted by Crippen LogP contribution is -2.26. The Balaban J connectivity index is 1.64. The average molecular weight is 431 g/mol. The third kappa shape index (κ3) is 4.07. The topological polar surface area (TPSA) is 79.6 Å². The van der Waals surface area contributed by atoms with Gasteiger partial charge in [-0.05, 0) is 55.0 Å². The molecule has 0 atom stereocenters. The SMILES string of the molecule is CCC(=O)Nc1ccc(-c2cnc3ccc(C(=O)N(C)c4ccc(F)c(C)c4)cn23)cn1. The highest BCUT2D eigenvalue weighted by atomic mass is 19.1. The molecule has 4 aromatic rings. The molecule has 0 aliphatic rings. The van der Waals surface area contributed by atoms with Gasteiger partial charge < -0.3 is 10.2 Å². The van der Waals surface area contributed by atoms with Crippen molar-refractivity contribution in [2.24, 2.45) is 0 Å². The van der Waals surface area contributed by atoms with E-state index in [2.05, 4.69) is 15.3 Å². The molecule has 0 aliphatic carbocycles. The number of hydrogen-bond acceptors (Lipinski definition) is 4. The van der Waals surface area contributed by atoms with Crippen molar-refractivity contribution >= 4 is 29.0 Å². The summed E-state index contributed by atoms with van der Waals surface area (Å²) < 4.78 is 15.4. The maximum absolute atomic E-state index is 13.6. The molecule has 3 aromatic heterocycles. The molecule has 0 spiro atoms. The number of anilines is 2. The van der Waals surface area contributed by atoms with Gasteiger partial charge in [-0.1, -0.05) is 6.92 Å². The van der Waals surface area contributed by atoms with Crippen LogP contribution in [0.25, 0.3) is 16.9 Å². The summed E-state index contributed by atoms with van der Waals surface area (Å²) in [6.45, 7) is 3.43. The van der Waals surface area contributed by atoms with Gasteiger partial charge in [0.2, 0.25) is 5.91 Å². The molecule has 3 heterocycles. The fourth-order valence-electron chi connectivity index (χ4n) is 3.32. The van der Waals surface area contributed by atoms with Gasteiger partial charge in [0.1, 0.15) is 17.3 Å². The van der Waals surface area contributed by atoms with Crippen molar-refractivity contribution in [1.29, 1.82) is 0 Å². The number of aryl methyl sites for hydroxylation is 1. The van der Waals surface area contributed by atoms with Gasteiger partial charge >= 0.3 is 0 Å². The Labute approximate surface area is 184 Å². The van der Waals surface area contributed by atoms with Gasteiger partial charge in [-0.25, -0.2) is 14.4 Å². The Morgan fingerprint density at radius 2 is 1.91 bits per heavy atom. The van der Waals surface area contributed by atoms with Crippen LogP contribution in [0, 0.1) is 12.7 Å². The van der Waals surface area contributed by atoms with E-state index in [9.17, 15) is 14.0 Å². The molecule has 0 unspecified atom stereocenters. The van der Waals surface area contributed by atoms with Gasteiger partial charge in [-0.15, -0.1) is 0 Å². The van der Waals surface area contributed by atoms with Crippen molar-refractivity contribution in [2.75, 3.05) is 17.3 Å². The highest BCUT2D eigenvalue weighted by Gasteiger charge is 2.16. The number of fused-ring (bicyclic) bond motifs is 1. The largest absolute Gasteiger partial charge is 0.311 e. The second-order valence-corrected chi connectivity index (χ2v) is 7.42. The molecular formula is C24H22FN5O2. The van der Waals surface area contributed by atoms with Crippen LogP contribution in [0.4, 0.5) is 15.9 Å². The van der Waals surface area contributed by atoms with Crippen LogP contribution in [0.1, 0.15) is 29.3 Å². The van der Waals surface area contributed by atoms with Crippen LogP contribution in [0.3, 0.4) is 0 Å². The average Bonchev–Trinajstić information content (AvgIpc) is 3.23. The van der Waals surface area contributed by atoms with Gasteiger partial charge in [-0.2, -0.15) is 0 Å². The molecule has 0 saturated heterocycles. The van der Waals surface area contributed by atoms with Crippen LogP contribution in [0.15, 0.2) is 61.1 Å². The number of halogens is 1. The van der Waals surface area contributed by atoms with E-state index in [0.29, 0.717) is 34.7 Å². The first-order chi connectivity index (χ1) is 15.4. The third-order valence-electron chi connectivity index (χ3n) is 5.23. The molecule has 8 heteroatoms. The van der Waals surface area contributed by atoms with Crippen molar-refractivity contribution in [3.63, 3.8) is 0 Å². The summed E-state index contributed by atoms with van der Waals surface area (Å²) >= 11 is 0. The lowest BCUT2D eigenvalue weighted by Gasteiger charge is -2.18. The zero-order chi connectivity index (χ0) is 22.8. The zero-order valence-corrected chi connectivity index (χ0v) is 18.0. The zero-order valence-electron chi connectivity index (χ0n) is 18.0. The Morgan fingerprint density at radius 3 is 2.59 bits per heavy atom. The number of amides is 2. The molecule has 7 nitrogen and oxygen atoms in total. The van der Waals surface area contributed by atoms with Crippen LogP contribution in [0.5, 0.6) is 0 Å². The van der Waals surface area contributed by atoms with E-state index in [-0.39, 0.29) is 17.6 Å². The molecular weight excluding hydrogens is 409 g/mol. The standard InChI is InChI=1S/C24H22FN5O2/c1-4-23(31)28-21-9-5-16(12-26-21)20-13-27-22-10-6-17(14-30(20)22)24(32)29(3)18-7-8-19(25)15(2)11-18/h5-14H,4H2,1-3H3,(H,26,28,31). The highest BCUT2D eigenvalue weighted by molar-refractivity contribution is 6.05. The number of pyridine rings is 2. The summed E-state index contributed by atoms with van der Waals surface area (Å²) in [4.78, 5) is 34.8. The number of hydrogen-bond donors (Lipinski definition) is 1. The molecule has 32 heavy (non-hydrogen) atoms. The van der Waals surface area contributed by atoms with E-state index in [1.54, 1.807) is 69.8 Å². The minimum absolute atomic E-state index is 0.108. The number of carbonyl (C=O) groups excluding carboxylic acids is 2. The normalized spacial score (nSPS) is 10.9. The summed E-state index contributed by atoms with van der Waals surface area (Å²) in [5, 5.41) is 2.71. The molecule has 0 bridgehead atoms. The van der Waals surface area contributed by atoms with Gasteiger partial charge in [0, 0.05) is 37.1 Å². The van der Waals surface area contributed by atoms with E-state index in [0.717, 1.165) is 11.3 Å². The number of aromatic nitrogens is 3. The van der Waals surface area contributed by atoms with Crippen LogP contribution in [-0.4, -0.2) is 33.2 Å². The van der Waals surface area contributed by atoms with Crippen LogP contribution >= 0.6 is 0 Å². The molecule has 0 aliphatic heterocycles. The number of benzene rings is 1. The number of imidazole rings is 1. The first-order valence-corrected chi connectivity index (χ1v) is 10.1. The first kappa shape index (κ1) is 21.2. The lowest BCUT2D eigenvalue weighted by atomic mass is 10.1. The molecule has 0 saturated carbocycles. The Kier molecular flexibility index (Phi) is 5.68. The van der Waals surface area contributed by atoms with Crippen molar-refractivity contribution < 1.29 is 14.0 Å². The van der Waals surface area contributed by atoms with Crippen LogP contribution < -0.4 is 10.2 Å². The van der Waals surface area contributed by atoms with E-state index < -0.39 is 0 Å². The van der Waals surface area contributed by atoms with Gasteiger partial charge in [-0.3, -0.25) is 14.0 Å². The van der Waals surface area contributed by atoms with Gasteiger partial charge in [0.05, 0.1) is 17.5 Å². The van der Waals surface area contributed by atoms with Crippen molar-refractivity contribution in [3.8, 4) is 11.3 Å². The Morgan fingerprint density at radius 1 is 1.09 bits per heavy atom. The van der Waals surface area contributed by atoms with Gasteiger partial charge in [0.15, 0.2) is 0 Å². The molecule has 0 radical (unpaired) electrons. The quantitative estimate of drug-likeness (QED) is 0.506. The molecule has 1 aromatic carbocycles. The Hall–Kier alpha value is -4.07. The van der Waals surface area contributed by atoms with Crippen molar-refractivity contribution in [2.45, 2.75) is 20.3 Å². The maximum Gasteiger partial charge on any atom is 0.259 e. The fourth-order valence-corrected chi connectivity index (χ4v) is 3.32. The minimum Gasteiger partial charge on any atom is -0.311 e. The second kappa shape index (κ2) is 8.58. The minimum atomic E-state index is -0.312. The lowest BCUT2D eigenvalue weighted by molar-refractivity contribution is -0.115. The van der Waals surface area contributed by atoms with Gasteiger partial charge in [0.25, 0.3) is 5.91 Å². The summed E-state index contributed by atoms with van der Waals surface area (Å²) in [5.74, 6) is -0.175. The summed E-state index contributed by atoms with van der Waals surface area (Å²) in [6.07, 6.45) is 5.45. The number of nitrogens with one attached hydrogen (secondary N) is 1. The van der Waals surface area contributed by atoms with E-state index in [1.165, 1.54) is 11.0 Å². The fraction of sp³-hybridized carbons (Fsp3) is 0.167. The first-order valence-electron chi connectivity index (χ1n) is 10.1. The molecule has 0 fully saturated rings. The third-order valence-corrected chi connectivity index (χ3v) is 5.23.